The third-order valence-corrected chi connectivity index (χ3v) is 6.07. The van der Waals surface area contributed by atoms with Crippen molar-refractivity contribution in [2.24, 2.45) is 0 Å². The number of hydrogen-bond donors (Lipinski definition) is 1. The van der Waals surface area contributed by atoms with Crippen molar-refractivity contribution in [3.8, 4) is 0 Å². The number of amides is 1. The van der Waals surface area contributed by atoms with E-state index >= 15 is 0 Å². The third-order valence-electron chi connectivity index (χ3n) is 3.96. The predicted molar refractivity (Wildman–Crippen MR) is 93.5 cm³/mol. The van der Waals surface area contributed by atoms with Crippen molar-refractivity contribution in [3.05, 3.63) is 58.6 Å². The van der Waals surface area contributed by atoms with Gasteiger partial charge in [0.2, 0.25) is 15.9 Å². The van der Waals surface area contributed by atoms with Gasteiger partial charge in [0.15, 0.2) is 0 Å². The Hall–Kier alpha value is -1.89. The van der Waals surface area contributed by atoms with E-state index in [1.165, 1.54) is 23.4 Å². The smallest absolute Gasteiger partial charge is 0.243 e. The van der Waals surface area contributed by atoms with Crippen molar-refractivity contribution >= 4 is 33.2 Å². The number of halogens is 1. The van der Waals surface area contributed by atoms with E-state index in [4.69, 9.17) is 11.6 Å². The van der Waals surface area contributed by atoms with Crippen LogP contribution in [-0.2, 0) is 27.8 Å². The van der Waals surface area contributed by atoms with Gasteiger partial charge in [0.05, 0.1) is 4.90 Å². The molecule has 3 rings (SSSR count). The maximum Gasteiger partial charge on any atom is 0.243 e. The Bertz CT molecular complexity index is 879. The van der Waals surface area contributed by atoms with Gasteiger partial charge in [-0.1, -0.05) is 17.7 Å². The number of sulfonamides is 1. The summed E-state index contributed by atoms with van der Waals surface area (Å²) in [6.45, 7) is 2.15. The first kappa shape index (κ1) is 17.0. The number of nitrogens with one attached hydrogen (secondary N) is 1. The highest BCUT2D eigenvalue weighted by Gasteiger charge is 2.28. The van der Waals surface area contributed by atoms with Crippen molar-refractivity contribution in [3.63, 3.8) is 0 Å². The maximum atomic E-state index is 12.8. The minimum Gasteiger partial charge on any atom is -0.326 e. The van der Waals surface area contributed by atoms with Crippen LogP contribution in [0.1, 0.15) is 18.1 Å². The minimum atomic E-state index is -3.57. The second kappa shape index (κ2) is 6.55. The molecule has 0 fully saturated rings. The van der Waals surface area contributed by atoms with Crippen LogP contribution < -0.4 is 5.32 Å². The van der Waals surface area contributed by atoms with Crippen molar-refractivity contribution in [2.45, 2.75) is 24.8 Å². The molecular formula is C17H17ClN2O3S. The van der Waals surface area contributed by atoms with Crippen molar-refractivity contribution in [1.82, 2.24) is 4.31 Å². The van der Waals surface area contributed by atoms with Crippen LogP contribution in [0.2, 0.25) is 5.02 Å². The number of benzene rings is 2. The molecule has 0 atom stereocenters. The molecule has 0 spiro atoms. The quantitative estimate of drug-likeness (QED) is 0.910. The van der Waals surface area contributed by atoms with Gasteiger partial charge in [0, 0.05) is 30.7 Å². The zero-order valence-corrected chi connectivity index (χ0v) is 14.7. The van der Waals surface area contributed by atoms with Crippen LogP contribution in [0.25, 0.3) is 0 Å². The average Bonchev–Trinajstić information content (AvgIpc) is 2.54. The van der Waals surface area contributed by atoms with Gasteiger partial charge >= 0.3 is 0 Å². The molecule has 0 radical (unpaired) electrons. The first-order valence-corrected chi connectivity index (χ1v) is 9.33. The maximum absolute atomic E-state index is 12.8. The number of nitrogens with zero attached hydrogens (tertiary/aromatic N) is 1. The van der Waals surface area contributed by atoms with Crippen LogP contribution in [0, 0.1) is 0 Å². The molecule has 2 aromatic carbocycles. The van der Waals surface area contributed by atoms with Gasteiger partial charge in [-0.25, -0.2) is 8.42 Å². The van der Waals surface area contributed by atoms with Crippen LogP contribution in [0.5, 0.6) is 0 Å². The standard InChI is InChI=1S/C17H17ClN2O3S/c1-12(21)19-16-5-2-13-8-9-20(11-14(13)10-16)24(22,23)17-6-3-15(18)4-7-17/h2-7,10H,8-9,11H2,1H3,(H,19,21). The van der Waals surface area contributed by atoms with Crippen LogP contribution >= 0.6 is 11.6 Å². The molecule has 5 nitrogen and oxygen atoms in total. The summed E-state index contributed by atoms with van der Waals surface area (Å²) in [6, 6.07) is 11.8. The monoisotopic (exact) mass is 364 g/mol. The second-order valence-electron chi connectivity index (χ2n) is 5.71. The van der Waals surface area contributed by atoms with Crippen LogP contribution in [0.15, 0.2) is 47.4 Å². The molecular weight excluding hydrogens is 348 g/mol. The lowest BCUT2D eigenvalue weighted by molar-refractivity contribution is -0.114. The summed E-state index contributed by atoms with van der Waals surface area (Å²) in [5.41, 5.74) is 2.68. The SMILES string of the molecule is CC(=O)Nc1ccc2c(c1)CN(S(=O)(=O)c1ccc(Cl)cc1)CC2. The number of fused-ring (bicyclic) bond motifs is 1. The lowest BCUT2D eigenvalue weighted by atomic mass is 10.0. The number of carbonyl (C=O) groups is 1. The predicted octanol–water partition coefficient (Wildman–Crippen LogP) is 3.05. The Morgan fingerprint density at radius 2 is 1.83 bits per heavy atom. The number of hydrogen-bond acceptors (Lipinski definition) is 3. The Balaban J connectivity index is 1.88. The summed E-state index contributed by atoms with van der Waals surface area (Å²) in [4.78, 5) is 11.4. The van der Waals surface area contributed by atoms with Crippen LogP contribution in [-0.4, -0.2) is 25.2 Å². The molecule has 1 heterocycles. The largest absolute Gasteiger partial charge is 0.326 e. The summed E-state index contributed by atoms with van der Waals surface area (Å²) in [6.07, 6.45) is 0.641. The summed E-state index contributed by atoms with van der Waals surface area (Å²) in [7, 11) is -3.57. The molecule has 24 heavy (non-hydrogen) atoms. The van der Waals surface area contributed by atoms with Crippen molar-refractivity contribution in [2.75, 3.05) is 11.9 Å². The summed E-state index contributed by atoms with van der Waals surface area (Å²) < 4.78 is 27.0. The van der Waals surface area contributed by atoms with Crippen LogP contribution in [0.3, 0.4) is 0 Å². The molecule has 0 aromatic heterocycles. The summed E-state index contributed by atoms with van der Waals surface area (Å²) >= 11 is 5.83. The Morgan fingerprint density at radius 3 is 2.50 bits per heavy atom. The van der Waals surface area contributed by atoms with E-state index in [1.54, 1.807) is 12.1 Å². The first-order chi connectivity index (χ1) is 11.4. The molecule has 1 amide bonds. The summed E-state index contributed by atoms with van der Waals surface area (Å²) in [5.74, 6) is -0.156. The van der Waals surface area contributed by atoms with E-state index in [9.17, 15) is 13.2 Å². The molecule has 0 saturated carbocycles. The van der Waals surface area contributed by atoms with Gasteiger partial charge in [0.25, 0.3) is 0 Å². The molecule has 7 heteroatoms. The molecule has 1 aliphatic rings. The van der Waals surface area contributed by atoms with Gasteiger partial charge < -0.3 is 5.32 Å². The van der Waals surface area contributed by atoms with Crippen LogP contribution in [0.4, 0.5) is 5.69 Å². The van der Waals surface area contributed by atoms with Gasteiger partial charge in [-0.15, -0.1) is 0 Å². The second-order valence-corrected chi connectivity index (χ2v) is 8.08. The van der Waals surface area contributed by atoms with E-state index < -0.39 is 10.0 Å². The molecule has 126 valence electrons. The van der Waals surface area contributed by atoms with Crippen molar-refractivity contribution in [1.29, 1.82) is 0 Å². The average molecular weight is 365 g/mol. The fourth-order valence-corrected chi connectivity index (χ4v) is 4.32. The molecule has 0 unspecified atom stereocenters. The van der Waals surface area contributed by atoms with Gasteiger partial charge in [-0.05, 0) is 53.9 Å². The zero-order chi connectivity index (χ0) is 17.3. The van der Waals surface area contributed by atoms with E-state index in [0.29, 0.717) is 23.7 Å². The minimum absolute atomic E-state index is 0.156. The van der Waals surface area contributed by atoms with E-state index in [0.717, 1.165) is 11.1 Å². The number of anilines is 1. The molecule has 1 aliphatic heterocycles. The molecule has 0 saturated heterocycles. The van der Waals surface area contributed by atoms with E-state index in [1.807, 2.05) is 18.2 Å². The van der Waals surface area contributed by atoms with Gasteiger partial charge in [-0.3, -0.25) is 4.79 Å². The lowest BCUT2D eigenvalue weighted by Crippen LogP contribution is -2.36. The van der Waals surface area contributed by atoms with Gasteiger partial charge in [0.1, 0.15) is 0 Å². The topological polar surface area (TPSA) is 66.5 Å². The third kappa shape index (κ3) is 3.45. The fourth-order valence-electron chi connectivity index (χ4n) is 2.77. The first-order valence-electron chi connectivity index (χ1n) is 7.51. The Kier molecular flexibility index (Phi) is 4.62. The fraction of sp³-hybridized carbons (Fsp3) is 0.235. The molecule has 0 aliphatic carbocycles. The van der Waals surface area contributed by atoms with E-state index in [-0.39, 0.29) is 17.3 Å². The van der Waals surface area contributed by atoms with Gasteiger partial charge in [-0.2, -0.15) is 4.31 Å². The Morgan fingerprint density at radius 1 is 1.12 bits per heavy atom. The highest BCUT2D eigenvalue weighted by atomic mass is 35.5. The lowest BCUT2D eigenvalue weighted by Gasteiger charge is -2.28. The Labute approximate surface area is 146 Å². The normalized spacial score (nSPS) is 14.9. The number of carbonyl (C=O) groups excluding carboxylic acids is 1. The molecule has 2 aromatic rings. The van der Waals surface area contributed by atoms with E-state index in [2.05, 4.69) is 5.32 Å². The number of rotatable bonds is 3. The van der Waals surface area contributed by atoms with Crippen molar-refractivity contribution < 1.29 is 13.2 Å². The molecule has 1 N–H and O–H groups in total. The highest BCUT2D eigenvalue weighted by molar-refractivity contribution is 7.89. The summed E-state index contributed by atoms with van der Waals surface area (Å²) in [5, 5.41) is 3.22. The molecule has 0 bridgehead atoms. The highest BCUT2D eigenvalue weighted by Crippen LogP contribution is 2.27. The zero-order valence-electron chi connectivity index (χ0n) is 13.1.